The number of pyridine rings is 1. The van der Waals surface area contributed by atoms with E-state index in [-0.39, 0.29) is 5.97 Å². The molecule has 1 heterocycles. The molecule has 0 aliphatic rings. The zero-order valence-electron chi connectivity index (χ0n) is 9.85. The standard InChI is InChI=1S/C12H18N2O2/c1-14(9-5-7-12(15)16-2)10-11-6-3-4-8-13-11/h3-4,6,8H,5,7,9-10H2,1-2H3. The Hall–Kier alpha value is -1.42. The minimum absolute atomic E-state index is 0.147. The molecule has 0 aliphatic heterocycles. The van der Waals surface area contributed by atoms with Crippen LogP contribution < -0.4 is 0 Å². The molecule has 0 radical (unpaired) electrons. The predicted octanol–water partition coefficient (Wildman–Crippen LogP) is 1.47. The normalized spacial score (nSPS) is 10.4. The molecule has 88 valence electrons. The first-order valence-electron chi connectivity index (χ1n) is 5.37. The van der Waals surface area contributed by atoms with Crippen LogP contribution in [0.25, 0.3) is 0 Å². The topological polar surface area (TPSA) is 42.4 Å². The summed E-state index contributed by atoms with van der Waals surface area (Å²) in [7, 11) is 3.44. The summed E-state index contributed by atoms with van der Waals surface area (Å²) in [4.78, 5) is 17.3. The number of aromatic nitrogens is 1. The SMILES string of the molecule is COC(=O)CCCN(C)Cc1ccccn1. The van der Waals surface area contributed by atoms with Crippen LogP contribution in [0.1, 0.15) is 18.5 Å². The van der Waals surface area contributed by atoms with Crippen LogP contribution in [0.15, 0.2) is 24.4 Å². The van der Waals surface area contributed by atoms with Crippen LogP contribution in [0, 0.1) is 0 Å². The lowest BCUT2D eigenvalue weighted by Crippen LogP contribution is -2.20. The van der Waals surface area contributed by atoms with Gasteiger partial charge in [0.25, 0.3) is 0 Å². The highest BCUT2D eigenvalue weighted by atomic mass is 16.5. The largest absolute Gasteiger partial charge is 0.469 e. The molecule has 1 aromatic heterocycles. The fourth-order valence-electron chi connectivity index (χ4n) is 1.44. The molecule has 0 fully saturated rings. The van der Waals surface area contributed by atoms with Crippen molar-refractivity contribution >= 4 is 5.97 Å². The van der Waals surface area contributed by atoms with Gasteiger partial charge in [0.15, 0.2) is 0 Å². The molecule has 0 bridgehead atoms. The summed E-state index contributed by atoms with van der Waals surface area (Å²) < 4.78 is 4.58. The van der Waals surface area contributed by atoms with Crippen LogP contribution in [0.2, 0.25) is 0 Å². The number of methoxy groups -OCH3 is 1. The summed E-state index contributed by atoms with van der Waals surface area (Å²) in [6, 6.07) is 5.88. The molecule has 0 unspecified atom stereocenters. The van der Waals surface area contributed by atoms with Crippen LogP contribution in [0.4, 0.5) is 0 Å². The van der Waals surface area contributed by atoms with Crippen molar-refractivity contribution < 1.29 is 9.53 Å². The Morgan fingerprint density at radius 1 is 1.50 bits per heavy atom. The van der Waals surface area contributed by atoms with Gasteiger partial charge in [0.1, 0.15) is 0 Å². The van der Waals surface area contributed by atoms with Gasteiger partial charge in [-0.1, -0.05) is 6.07 Å². The van der Waals surface area contributed by atoms with E-state index >= 15 is 0 Å². The third-order valence-corrected chi connectivity index (χ3v) is 2.31. The van der Waals surface area contributed by atoms with Gasteiger partial charge < -0.3 is 9.64 Å². The van der Waals surface area contributed by atoms with Crippen molar-refractivity contribution in [2.45, 2.75) is 19.4 Å². The van der Waals surface area contributed by atoms with E-state index in [2.05, 4.69) is 14.6 Å². The molecule has 4 nitrogen and oxygen atoms in total. The van der Waals surface area contributed by atoms with E-state index in [9.17, 15) is 4.79 Å². The van der Waals surface area contributed by atoms with Gasteiger partial charge in [-0.05, 0) is 32.1 Å². The van der Waals surface area contributed by atoms with Gasteiger partial charge in [0, 0.05) is 19.2 Å². The van der Waals surface area contributed by atoms with E-state index < -0.39 is 0 Å². The second kappa shape index (κ2) is 6.95. The smallest absolute Gasteiger partial charge is 0.305 e. The second-order valence-electron chi connectivity index (χ2n) is 3.74. The van der Waals surface area contributed by atoms with Gasteiger partial charge >= 0.3 is 5.97 Å². The summed E-state index contributed by atoms with van der Waals surface area (Å²) in [5.74, 6) is -0.147. The highest BCUT2D eigenvalue weighted by molar-refractivity contribution is 5.69. The van der Waals surface area contributed by atoms with Crippen LogP contribution >= 0.6 is 0 Å². The van der Waals surface area contributed by atoms with E-state index in [0.717, 1.165) is 25.2 Å². The first-order valence-corrected chi connectivity index (χ1v) is 5.37. The molecule has 0 saturated heterocycles. The van der Waals surface area contributed by atoms with E-state index in [1.165, 1.54) is 7.11 Å². The molecule has 0 aromatic carbocycles. The van der Waals surface area contributed by atoms with Gasteiger partial charge in [-0.3, -0.25) is 9.78 Å². The summed E-state index contributed by atoms with van der Waals surface area (Å²) in [5, 5.41) is 0. The number of ether oxygens (including phenoxy) is 1. The molecular formula is C12H18N2O2. The number of carbonyl (C=O) groups excluding carboxylic acids is 1. The van der Waals surface area contributed by atoms with Crippen molar-refractivity contribution in [3.05, 3.63) is 30.1 Å². The Bertz CT molecular complexity index is 314. The van der Waals surface area contributed by atoms with Crippen molar-refractivity contribution in [2.24, 2.45) is 0 Å². The Morgan fingerprint density at radius 2 is 2.31 bits per heavy atom. The Morgan fingerprint density at radius 3 is 2.94 bits per heavy atom. The van der Waals surface area contributed by atoms with Crippen molar-refractivity contribution in [1.82, 2.24) is 9.88 Å². The first-order chi connectivity index (χ1) is 7.72. The maximum absolute atomic E-state index is 10.9. The molecule has 0 amide bonds. The van der Waals surface area contributed by atoms with Crippen LogP contribution in [-0.4, -0.2) is 36.6 Å². The third kappa shape index (κ3) is 4.89. The van der Waals surface area contributed by atoms with Gasteiger partial charge in [-0.2, -0.15) is 0 Å². The molecular weight excluding hydrogens is 204 g/mol. The fourth-order valence-corrected chi connectivity index (χ4v) is 1.44. The second-order valence-corrected chi connectivity index (χ2v) is 3.74. The highest BCUT2D eigenvalue weighted by Gasteiger charge is 2.03. The lowest BCUT2D eigenvalue weighted by Gasteiger charge is -2.15. The maximum Gasteiger partial charge on any atom is 0.305 e. The number of nitrogens with zero attached hydrogens (tertiary/aromatic N) is 2. The molecule has 0 N–H and O–H groups in total. The number of rotatable bonds is 6. The quantitative estimate of drug-likeness (QED) is 0.683. The van der Waals surface area contributed by atoms with Crippen molar-refractivity contribution in [3.63, 3.8) is 0 Å². The van der Waals surface area contributed by atoms with Crippen LogP contribution in [-0.2, 0) is 16.1 Å². The minimum atomic E-state index is -0.147. The molecule has 1 aromatic rings. The summed E-state index contributed by atoms with van der Waals surface area (Å²) in [5.41, 5.74) is 1.04. The number of esters is 1. The molecule has 0 aliphatic carbocycles. The minimum Gasteiger partial charge on any atom is -0.469 e. The Kier molecular flexibility index (Phi) is 5.50. The molecule has 1 rings (SSSR count). The zero-order chi connectivity index (χ0) is 11.8. The van der Waals surface area contributed by atoms with Gasteiger partial charge in [0.05, 0.1) is 12.8 Å². The first kappa shape index (κ1) is 12.6. The predicted molar refractivity (Wildman–Crippen MR) is 61.8 cm³/mol. The highest BCUT2D eigenvalue weighted by Crippen LogP contribution is 2.01. The summed E-state index contributed by atoms with van der Waals surface area (Å²) >= 11 is 0. The van der Waals surface area contributed by atoms with Crippen molar-refractivity contribution in [1.29, 1.82) is 0 Å². The number of hydrogen-bond acceptors (Lipinski definition) is 4. The van der Waals surface area contributed by atoms with Crippen LogP contribution in [0.5, 0.6) is 0 Å². The molecule has 0 saturated carbocycles. The lowest BCUT2D eigenvalue weighted by atomic mass is 10.3. The van der Waals surface area contributed by atoms with Gasteiger partial charge in [0.2, 0.25) is 0 Å². The lowest BCUT2D eigenvalue weighted by molar-refractivity contribution is -0.140. The van der Waals surface area contributed by atoms with Gasteiger partial charge in [-0.15, -0.1) is 0 Å². The zero-order valence-corrected chi connectivity index (χ0v) is 9.85. The third-order valence-electron chi connectivity index (χ3n) is 2.31. The van der Waals surface area contributed by atoms with E-state index in [0.29, 0.717) is 6.42 Å². The van der Waals surface area contributed by atoms with Crippen LogP contribution in [0.3, 0.4) is 0 Å². The number of hydrogen-bond donors (Lipinski definition) is 0. The molecule has 4 heteroatoms. The fraction of sp³-hybridized carbons (Fsp3) is 0.500. The summed E-state index contributed by atoms with van der Waals surface area (Å²) in [6.45, 7) is 1.67. The van der Waals surface area contributed by atoms with Crippen molar-refractivity contribution in [2.75, 3.05) is 20.7 Å². The van der Waals surface area contributed by atoms with Gasteiger partial charge in [-0.25, -0.2) is 0 Å². The molecule has 0 spiro atoms. The average Bonchev–Trinajstić information content (AvgIpc) is 2.30. The van der Waals surface area contributed by atoms with E-state index in [4.69, 9.17) is 0 Å². The van der Waals surface area contributed by atoms with E-state index in [1.54, 1.807) is 6.20 Å². The molecule has 16 heavy (non-hydrogen) atoms. The maximum atomic E-state index is 10.9. The Labute approximate surface area is 96.2 Å². The summed E-state index contributed by atoms with van der Waals surface area (Å²) in [6.07, 6.45) is 3.08. The monoisotopic (exact) mass is 222 g/mol. The average molecular weight is 222 g/mol. The Balaban J connectivity index is 2.21. The van der Waals surface area contributed by atoms with E-state index in [1.807, 2.05) is 25.2 Å². The number of carbonyl (C=O) groups is 1. The van der Waals surface area contributed by atoms with Crippen molar-refractivity contribution in [3.8, 4) is 0 Å². The molecule has 0 atom stereocenters.